The molecule has 0 amide bonds. The molecule has 0 radical (unpaired) electrons. The van der Waals surface area contributed by atoms with Crippen molar-refractivity contribution in [2.75, 3.05) is 7.11 Å². The molecule has 0 bridgehead atoms. The lowest BCUT2D eigenvalue weighted by atomic mass is 10.1. The number of carboxylic acid groups (broad SMARTS) is 1. The van der Waals surface area contributed by atoms with Gasteiger partial charge in [-0.2, -0.15) is 0 Å². The molecule has 0 aromatic carbocycles. The van der Waals surface area contributed by atoms with Crippen molar-refractivity contribution in [3.05, 3.63) is 11.8 Å². The number of esters is 1. The molecule has 1 saturated carbocycles. The zero-order chi connectivity index (χ0) is 14.1. The van der Waals surface area contributed by atoms with Gasteiger partial charge in [-0.15, -0.1) is 0 Å². The number of carboxylic acids is 1. The minimum atomic E-state index is -0.853. The van der Waals surface area contributed by atoms with Gasteiger partial charge in [0, 0.05) is 5.92 Å². The SMILES string of the molecule is COC(=CC1C(C(=O)O)C1(C)C)C(=O)OC(C)C. The molecule has 1 aliphatic rings. The average Bonchev–Trinajstić information content (AvgIpc) is 2.75. The van der Waals surface area contributed by atoms with Crippen molar-refractivity contribution in [2.24, 2.45) is 17.3 Å². The van der Waals surface area contributed by atoms with E-state index in [0.29, 0.717) is 0 Å². The lowest BCUT2D eigenvalue weighted by molar-refractivity contribution is -0.146. The Hall–Kier alpha value is -1.52. The Labute approximate surface area is 107 Å². The van der Waals surface area contributed by atoms with Crippen LogP contribution < -0.4 is 0 Å². The smallest absolute Gasteiger partial charge is 0.373 e. The number of ether oxygens (including phenoxy) is 2. The third-order valence-electron chi connectivity index (χ3n) is 3.27. The van der Waals surface area contributed by atoms with Crippen LogP contribution in [0.3, 0.4) is 0 Å². The van der Waals surface area contributed by atoms with E-state index in [1.54, 1.807) is 19.9 Å². The predicted octanol–water partition coefficient (Wildman–Crippen LogP) is 1.83. The van der Waals surface area contributed by atoms with Crippen molar-refractivity contribution in [2.45, 2.75) is 33.8 Å². The summed E-state index contributed by atoms with van der Waals surface area (Å²) in [5.74, 6) is -2.02. The van der Waals surface area contributed by atoms with Crippen molar-refractivity contribution < 1.29 is 24.2 Å². The topological polar surface area (TPSA) is 72.8 Å². The Morgan fingerprint density at radius 1 is 1.33 bits per heavy atom. The summed E-state index contributed by atoms with van der Waals surface area (Å²) in [6.45, 7) is 7.20. The van der Waals surface area contributed by atoms with Gasteiger partial charge in [-0.25, -0.2) is 4.79 Å². The summed E-state index contributed by atoms with van der Waals surface area (Å²) < 4.78 is 9.99. The summed E-state index contributed by atoms with van der Waals surface area (Å²) in [5, 5.41) is 9.04. The Kier molecular flexibility index (Phi) is 4.04. The van der Waals surface area contributed by atoms with Crippen molar-refractivity contribution in [3.63, 3.8) is 0 Å². The lowest BCUT2D eigenvalue weighted by Crippen LogP contribution is -2.15. The second-order valence-corrected chi connectivity index (χ2v) is 5.35. The summed E-state index contributed by atoms with van der Waals surface area (Å²) in [4.78, 5) is 22.7. The van der Waals surface area contributed by atoms with Crippen LogP contribution in [0.2, 0.25) is 0 Å². The number of carbonyl (C=O) groups excluding carboxylic acids is 1. The molecule has 1 aliphatic carbocycles. The van der Waals surface area contributed by atoms with E-state index in [-0.39, 0.29) is 23.2 Å². The first-order valence-corrected chi connectivity index (χ1v) is 5.91. The average molecular weight is 256 g/mol. The lowest BCUT2D eigenvalue weighted by Gasteiger charge is -2.10. The van der Waals surface area contributed by atoms with Crippen molar-refractivity contribution in [1.82, 2.24) is 0 Å². The normalized spacial score (nSPS) is 25.8. The highest BCUT2D eigenvalue weighted by atomic mass is 16.6. The highest BCUT2D eigenvalue weighted by molar-refractivity contribution is 5.87. The first-order chi connectivity index (χ1) is 8.21. The van der Waals surface area contributed by atoms with Crippen LogP contribution in [0.4, 0.5) is 0 Å². The fourth-order valence-electron chi connectivity index (χ4n) is 2.12. The van der Waals surface area contributed by atoms with Crippen LogP contribution in [-0.4, -0.2) is 30.3 Å². The molecule has 1 rings (SSSR count). The molecule has 18 heavy (non-hydrogen) atoms. The molecule has 0 heterocycles. The number of aliphatic carboxylic acids is 1. The quantitative estimate of drug-likeness (QED) is 0.461. The Bertz CT molecular complexity index is 381. The van der Waals surface area contributed by atoms with Crippen LogP contribution in [-0.2, 0) is 19.1 Å². The van der Waals surface area contributed by atoms with Gasteiger partial charge in [-0.3, -0.25) is 4.79 Å². The number of hydrogen-bond donors (Lipinski definition) is 1. The van der Waals surface area contributed by atoms with Crippen LogP contribution in [0.25, 0.3) is 0 Å². The van der Waals surface area contributed by atoms with Crippen molar-refractivity contribution >= 4 is 11.9 Å². The number of methoxy groups -OCH3 is 1. The van der Waals surface area contributed by atoms with Gasteiger partial charge in [0.1, 0.15) is 0 Å². The largest absolute Gasteiger partial charge is 0.490 e. The van der Waals surface area contributed by atoms with Gasteiger partial charge in [0.25, 0.3) is 0 Å². The van der Waals surface area contributed by atoms with Crippen molar-refractivity contribution in [1.29, 1.82) is 0 Å². The maximum Gasteiger partial charge on any atom is 0.373 e. The number of carbonyl (C=O) groups is 2. The molecule has 5 heteroatoms. The van der Waals surface area contributed by atoms with Gasteiger partial charge >= 0.3 is 11.9 Å². The summed E-state index contributed by atoms with van der Waals surface area (Å²) in [6, 6.07) is 0. The molecule has 0 saturated heterocycles. The molecule has 5 nitrogen and oxygen atoms in total. The van der Waals surface area contributed by atoms with Crippen LogP contribution in [0.5, 0.6) is 0 Å². The van der Waals surface area contributed by atoms with E-state index in [4.69, 9.17) is 14.6 Å². The first kappa shape index (κ1) is 14.5. The van der Waals surface area contributed by atoms with Crippen LogP contribution >= 0.6 is 0 Å². The zero-order valence-corrected chi connectivity index (χ0v) is 11.4. The third-order valence-corrected chi connectivity index (χ3v) is 3.27. The van der Waals surface area contributed by atoms with E-state index in [2.05, 4.69) is 0 Å². The number of allylic oxidation sites excluding steroid dienone is 1. The molecule has 0 aromatic heterocycles. The van der Waals surface area contributed by atoms with Gasteiger partial charge < -0.3 is 14.6 Å². The van der Waals surface area contributed by atoms with Crippen molar-refractivity contribution in [3.8, 4) is 0 Å². The van der Waals surface area contributed by atoms with Crippen LogP contribution in [0.1, 0.15) is 27.7 Å². The summed E-state index contributed by atoms with van der Waals surface area (Å²) >= 11 is 0. The number of rotatable bonds is 5. The molecule has 0 aromatic rings. The van der Waals surface area contributed by atoms with Gasteiger partial charge in [0.2, 0.25) is 5.76 Å². The highest BCUT2D eigenvalue weighted by Gasteiger charge is 2.61. The molecule has 1 N–H and O–H groups in total. The van der Waals surface area contributed by atoms with E-state index < -0.39 is 17.9 Å². The first-order valence-electron chi connectivity index (χ1n) is 5.91. The summed E-state index contributed by atoms with van der Waals surface area (Å²) in [5.41, 5.74) is -0.353. The molecule has 2 atom stereocenters. The fraction of sp³-hybridized carbons (Fsp3) is 0.692. The predicted molar refractivity (Wildman–Crippen MR) is 64.7 cm³/mol. The summed E-state index contributed by atoms with van der Waals surface area (Å²) in [6.07, 6.45) is 1.32. The van der Waals surface area contributed by atoms with E-state index in [0.717, 1.165) is 0 Å². The Morgan fingerprint density at radius 2 is 1.89 bits per heavy atom. The minimum Gasteiger partial charge on any atom is -0.490 e. The fourth-order valence-corrected chi connectivity index (χ4v) is 2.12. The van der Waals surface area contributed by atoms with Gasteiger partial charge in [-0.05, 0) is 25.3 Å². The second-order valence-electron chi connectivity index (χ2n) is 5.35. The van der Waals surface area contributed by atoms with Gasteiger partial charge in [-0.1, -0.05) is 13.8 Å². The third kappa shape index (κ3) is 2.83. The molecule has 102 valence electrons. The standard InChI is InChI=1S/C13H20O5/c1-7(2)18-12(16)9(17-5)6-8-10(11(14)15)13(8,3)4/h6-8,10H,1-5H3,(H,14,15). The van der Waals surface area contributed by atoms with E-state index in [1.807, 2.05) is 13.8 Å². The van der Waals surface area contributed by atoms with Gasteiger partial charge in [0.05, 0.1) is 19.1 Å². The molecular formula is C13H20O5. The minimum absolute atomic E-state index is 0.0746. The zero-order valence-electron chi connectivity index (χ0n) is 11.4. The number of hydrogen-bond acceptors (Lipinski definition) is 4. The Morgan fingerprint density at radius 3 is 2.22 bits per heavy atom. The molecule has 0 aliphatic heterocycles. The summed E-state index contributed by atoms with van der Waals surface area (Å²) in [7, 11) is 1.37. The molecule has 2 unspecified atom stereocenters. The molecule has 1 fully saturated rings. The molecular weight excluding hydrogens is 236 g/mol. The van der Waals surface area contributed by atoms with Crippen LogP contribution in [0, 0.1) is 17.3 Å². The second kappa shape index (κ2) is 5.00. The highest BCUT2D eigenvalue weighted by Crippen LogP contribution is 2.59. The Balaban J connectivity index is 2.81. The monoisotopic (exact) mass is 256 g/mol. The van der Waals surface area contributed by atoms with E-state index in [9.17, 15) is 9.59 Å². The van der Waals surface area contributed by atoms with Gasteiger partial charge in [0.15, 0.2) is 0 Å². The maximum absolute atomic E-state index is 11.7. The van der Waals surface area contributed by atoms with E-state index >= 15 is 0 Å². The molecule has 0 spiro atoms. The maximum atomic E-state index is 11.7. The van der Waals surface area contributed by atoms with Crippen LogP contribution in [0.15, 0.2) is 11.8 Å². The van der Waals surface area contributed by atoms with E-state index in [1.165, 1.54) is 7.11 Å².